The fourth-order valence-corrected chi connectivity index (χ4v) is 1.46. The van der Waals surface area contributed by atoms with Gasteiger partial charge in [0.25, 0.3) is 0 Å². The molecule has 15 heavy (non-hydrogen) atoms. The molecule has 0 aromatic heterocycles. The van der Waals surface area contributed by atoms with Crippen molar-refractivity contribution >= 4 is 21.8 Å². The van der Waals surface area contributed by atoms with Crippen LogP contribution in [0.1, 0.15) is 12.0 Å². The van der Waals surface area contributed by atoms with E-state index >= 15 is 0 Å². The van der Waals surface area contributed by atoms with Gasteiger partial charge in [-0.25, -0.2) is 0 Å². The van der Waals surface area contributed by atoms with Gasteiger partial charge in [-0.05, 0) is 24.1 Å². The highest BCUT2D eigenvalue weighted by Gasteiger charge is 2.00. The predicted molar refractivity (Wildman–Crippen MR) is 62.6 cm³/mol. The fraction of sp³-hybridized carbons (Fsp3) is 0.364. The summed E-state index contributed by atoms with van der Waals surface area (Å²) in [7, 11) is 0. The number of aliphatic hydroxyl groups excluding tert-OH is 1. The summed E-state index contributed by atoms with van der Waals surface area (Å²) in [6.45, 7) is 0.323. The number of hydrogen-bond donors (Lipinski definition) is 2. The van der Waals surface area contributed by atoms with Crippen LogP contribution in [-0.4, -0.2) is 24.2 Å². The maximum absolute atomic E-state index is 11.2. The molecule has 0 aliphatic carbocycles. The Morgan fingerprint density at radius 3 is 2.60 bits per heavy atom. The molecule has 0 bridgehead atoms. The first-order chi connectivity index (χ1) is 7.22. The van der Waals surface area contributed by atoms with Gasteiger partial charge in [-0.1, -0.05) is 28.1 Å². The van der Waals surface area contributed by atoms with Crippen LogP contribution in [0.15, 0.2) is 28.7 Å². The lowest BCUT2D eigenvalue weighted by Gasteiger charge is -2.03. The molecule has 0 aliphatic rings. The van der Waals surface area contributed by atoms with Crippen LogP contribution in [0.5, 0.6) is 0 Å². The second-order valence-corrected chi connectivity index (χ2v) is 4.12. The second kappa shape index (κ2) is 6.58. The van der Waals surface area contributed by atoms with Gasteiger partial charge in [0, 0.05) is 17.4 Å². The Hall–Kier alpha value is -0.870. The van der Waals surface area contributed by atoms with Gasteiger partial charge in [0.05, 0.1) is 6.61 Å². The summed E-state index contributed by atoms with van der Waals surface area (Å²) >= 11 is 3.35. The third-order valence-corrected chi connectivity index (χ3v) is 2.52. The predicted octanol–water partition coefficient (Wildman–Crippen LogP) is 1.49. The molecule has 0 spiro atoms. The number of aliphatic hydroxyl groups is 1. The summed E-state index contributed by atoms with van der Waals surface area (Å²) in [5.41, 5.74) is 1.14. The molecule has 0 fully saturated rings. The zero-order valence-electron chi connectivity index (χ0n) is 8.37. The van der Waals surface area contributed by atoms with Crippen LogP contribution >= 0.6 is 15.9 Å². The van der Waals surface area contributed by atoms with E-state index in [-0.39, 0.29) is 12.5 Å². The Balaban J connectivity index is 2.30. The number of carbonyl (C=O) groups is 1. The quantitative estimate of drug-likeness (QED) is 0.853. The van der Waals surface area contributed by atoms with Crippen molar-refractivity contribution < 1.29 is 9.90 Å². The van der Waals surface area contributed by atoms with Crippen molar-refractivity contribution in [2.24, 2.45) is 0 Å². The first-order valence-corrected chi connectivity index (χ1v) is 5.63. The maximum atomic E-state index is 11.2. The fourth-order valence-electron chi connectivity index (χ4n) is 1.19. The number of benzene rings is 1. The summed E-state index contributed by atoms with van der Waals surface area (Å²) in [6, 6.07) is 7.90. The van der Waals surface area contributed by atoms with E-state index in [1.807, 2.05) is 24.3 Å². The van der Waals surface area contributed by atoms with Crippen LogP contribution < -0.4 is 5.32 Å². The van der Waals surface area contributed by atoms with E-state index < -0.39 is 0 Å². The second-order valence-electron chi connectivity index (χ2n) is 3.20. The number of nitrogens with one attached hydrogen (secondary N) is 1. The molecule has 2 N–H and O–H groups in total. The Bertz CT molecular complexity index is 311. The average Bonchev–Trinajstić information content (AvgIpc) is 2.25. The molecule has 0 aliphatic heterocycles. The Kier molecular flexibility index (Phi) is 5.36. The zero-order valence-corrected chi connectivity index (χ0v) is 9.96. The van der Waals surface area contributed by atoms with Crippen LogP contribution in [-0.2, 0) is 11.2 Å². The number of amides is 1. The molecule has 0 saturated carbocycles. The molecule has 0 radical (unpaired) electrons. The van der Waals surface area contributed by atoms with E-state index in [0.717, 1.165) is 16.5 Å². The van der Waals surface area contributed by atoms with Crippen molar-refractivity contribution in [3.63, 3.8) is 0 Å². The third-order valence-electron chi connectivity index (χ3n) is 1.99. The SMILES string of the molecule is O=C(CCc1ccc(Br)cc1)NCCO. The molecular weight excluding hydrogens is 258 g/mol. The molecule has 1 aromatic rings. The minimum absolute atomic E-state index is 0.00990. The summed E-state index contributed by atoms with van der Waals surface area (Å²) in [5, 5.41) is 11.1. The first kappa shape index (κ1) is 12.2. The molecule has 1 rings (SSSR count). The Labute approximate surface area is 97.6 Å². The van der Waals surface area contributed by atoms with Crippen LogP contribution in [0.4, 0.5) is 0 Å². The van der Waals surface area contributed by atoms with Gasteiger partial charge >= 0.3 is 0 Å². The Morgan fingerprint density at radius 1 is 1.33 bits per heavy atom. The molecular formula is C11H14BrNO2. The smallest absolute Gasteiger partial charge is 0.220 e. The largest absolute Gasteiger partial charge is 0.395 e. The molecule has 1 aromatic carbocycles. The van der Waals surface area contributed by atoms with Gasteiger partial charge in [-0.15, -0.1) is 0 Å². The molecule has 82 valence electrons. The van der Waals surface area contributed by atoms with E-state index in [2.05, 4.69) is 21.2 Å². The van der Waals surface area contributed by atoms with E-state index in [0.29, 0.717) is 13.0 Å². The summed E-state index contributed by atoms with van der Waals surface area (Å²) in [5.74, 6) is -0.0213. The molecule has 3 nitrogen and oxygen atoms in total. The minimum Gasteiger partial charge on any atom is -0.395 e. The van der Waals surface area contributed by atoms with E-state index in [1.54, 1.807) is 0 Å². The molecule has 0 atom stereocenters. The highest BCUT2D eigenvalue weighted by Crippen LogP contribution is 2.11. The van der Waals surface area contributed by atoms with Gasteiger partial charge in [-0.2, -0.15) is 0 Å². The lowest BCUT2D eigenvalue weighted by molar-refractivity contribution is -0.121. The Morgan fingerprint density at radius 2 is 2.00 bits per heavy atom. The van der Waals surface area contributed by atoms with Crippen LogP contribution in [0.25, 0.3) is 0 Å². The van der Waals surface area contributed by atoms with Crippen molar-refractivity contribution in [3.05, 3.63) is 34.3 Å². The molecule has 0 unspecified atom stereocenters. The molecule has 0 saturated heterocycles. The topological polar surface area (TPSA) is 49.3 Å². The summed E-state index contributed by atoms with van der Waals surface area (Å²) < 4.78 is 1.04. The lowest BCUT2D eigenvalue weighted by atomic mass is 10.1. The van der Waals surface area contributed by atoms with Gasteiger partial charge in [0.15, 0.2) is 0 Å². The third kappa shape index (κ3) is 4.95. The molecule has 4 heteroatoms. The molecule has 1 amide bonds. The zero-order chi connectivity index (χ0) is 11.1. The van der Waals surface area contributed by atoms with Crippen molar-refractivity contribution in [3.8, 4) is 0 Å². The number of aryl methyl sites for hydroxylation is 1. The normalized spacial score (nSPS) is 10.0. The van der Waals surface area contributed by atoms with E-state index in [9.17, 15) is 4.79 Å². The lowest BCUT2D eigenvalue weighted by Crippen LogP contribution is -2.26. The number of halogens is 1. The van der Waals surface area contributed by atoms with Gasteiger partial charge in [0.1, 0.15) is 0 Å². The standard InChI is InChI=1S/C11H14BrNO2/c12-10-4-1-9(2-5-10)3-6-11(15)13-7-8-14/h1-2,4-5,14H,3,6-8H2,(H,13,15). The maximum Gasteiger partial charge on any atom is 0.220 e. The highest BCUT2D eigenvalue weighted by atomic mass is 79.9. The van der Waals surface area contributed by atoms with E-state index in [1.165, 1.54) is 0 Å². The van der Waals surface area contributed by atoms with Gasteiger partial charge < -0.3 is 10.4 Å². The van der Waals surface area contributed by atoms with Crippen molar-refractivity contribution in [1.82, 2.24) is 5.32 Å². The van der Waals surface area contributed by atoms with Gasteiger partial charge in [0.2, 0.25) is 5.91 Å². The van der Waals surface area contributed by atoms with Crippen LogP contribution in [0.2, 0.25) is 0 Å². The monoisotopic (exact) mass is 271 g/mol. The van der Waals surface area contributed by atoms with Crippen LogP contribution in [0, 0.1) is 0 Å². The van der Waals surface area contributed by atoms with Crippen molar-refractivity contribution in [2.45, 2.75) is 12.8 Å². The molecule has 0 heterocycles. The minimum atomic E-state index is -0.0213. The summed E-state index contributed by atoms with van der Waals surface area (Å²) in [4.78, 5) is 11.2. The highest BCUT2D eigenvalue weighted by molar-refractivity contribution is 9.10. The van der Waals surface area contributed by atoms with Gasteiger partial charge in [-0.3, -0.25) is 4.79 Å². The van der Waals surface area contributed by atoms with E-state index in [4.69, 9.17) is 5.11 Å². The number of carbonyl (C=O) groups excluding carboxylic acids is 1. The first-order valence-electron chi connectivity index (χ1n) is 4.84. The van der Waals surface area contributed by atoms with Crippen molar-refractivity contribution in [1.29, 1.82) is 0 Å². The van der Waals surface area contributed by atoms with Crippen LogP contribution in [0.3, 0.4) is 0 Å². The summed E-state index contributed by atoms with van der Waals surface area (Å²) in [6.07, 6.45) is 1.19. The number of rotatable bonds is 5. The average molecular weight is 272 g/mol. The van der Waals surface area contributed by atoms with Crippen molar-refractivity contribution in [2.75, 3.05) is 13.2 Å². The number of hydrogen-bond acceptors (Lipinski definition) is 2.